The molecule has 20 heavy (non-hydrogen) atoms. The van der Waals surface area contributed by atoms with E-state index in [9.17, 15) is 4.79 Å². The first-order valence-corrected chi connectivity index (χ1v) is 6.51. The summed E-state index contributed by atoms with van der Waals surface area (Å²) in [5.74, 6) is 0.660. The molecule has 2 rings (SSSR count). The van der Waals surface area contributed by atoms with Crippen LogP contribution in [0.25, 0.3) is 11.0 Å². The minimum Gasteiger partial charge on any atom is -0.375 e. The smallest absolute Gasteiger partial charge is 0.246 e. The van der Waals surface area contributed by atoms with Gasteiger partial charge in [-0.3, -0.25) is 4.79 Å². The molecule has 106 valence electrons. The SMILES string of the molecule is C=CCn1c([C@H](C)NC(=O)COC)nc2ccccc21. The molecule has 0 aliphatic carbocycles. The third-order valence-corrected chi connectivity index (χ3v) is 3.04. The molecule has 1 atom stereocenters. The van der Waals surface area contributed by atoms with Gasteiger partial charge < -0.3 is 14.6 Å². The van der Waals surface area contributed by atoms with Gasteiger partial charge in [0.25, 0.3) is 0 Å². The second-order valence-corrected chi connectivity index (χ2v) is 4.58. The van der Waals surface area contributed by atoms with Crippen LogP contribution in [0.3, 0.4) is 0 Å². The molecular weight excluding hydrogens is 254 g/mol. The molecule has 2 aromatic rings. The molecule has 5 nitrogen and oxygen atoms in total. The Labute approximate surface area is 118 Å². The van der Waals surface area contributed by atoms with Gasteiger partial charge in [-0.15, -0.1) is 6.58 Å². The van der Waals surface area contributed by atoms with E-state index in [0.717, 1.165) is 16.9 Å². The number of rotatable bonds is 6. The molecule has 0 bridgehead atoms. The third-order valence-electron chi connectivity index (χ3n) is 3.04. The molecular formula is C15H19N3O2. The van der Waals surface area contributed by atoms with Gasteiger partial charge in [-0.2, -0.15) is 0 Å². The van der Waals surface area contributed by atoms with Gasteiger partial charge >= 0.3 is 0 Å². The predicted octanol–water partition coefficient (Wildman–Crippen LogP) is 2.05. The van der Waals surface area contributed by atoms with Crippen LogP contribution in [0.15, 0.2) is 36.9 Å². The fourth-order valence-electron chi connectivity index (χ4n) is 2.22. The number of nitrogens with one attached hydrogen (secondary N) is 1. The molecule has 1 aromatic carbocycles. The van der Waals surface area contributed by atoms with E-state index in [2.05, 4.69) is 21.4 Å². The summed E-state index contributed by atoms with van der Waals surface area (Å²) in [7, 11) is 1.50. The zero-order chi connectivity index (χ0) is 14.5. The highest BCUT2D eigenvalue weighted by atomic mass is 16.5. The van der Waals surface area contributed by atoms with Crippen molar-refractivity contribution in [1.82, 2.24) is 14.9 Å². The first kappa shape index (κ1) is 14.3. The quantitative estimate of drug-likeness (QED) is 0.819. The van der Waals surface area contributed by atoms with Crippen LogP contribution in [-0.4, -0.2) is 29.2 Å². The zero-order valence-electron chi connectivity index (χ0n) is 11.8. The molecule has 1 aromatic heterocycles. The van der Waals surface area contributed by atoms with Crippen LogP contribution >= 0.6 is 0 Å². The topological polar surface area (TPSA) is 56.2 Å². The Kier molecular flexibility index (Phi) is 4.53. The van der Waals surface area contributed by atoms with Gasteiger partial charge in [-0.1, -0.05) is 18.2 Å². The second-order valence-electron chi connectivity index (χ2n) is 4.58. The maximum atomic E-state index is 11.6. The van der Waals surface area contributed by atoms with Crippen molar-refractivity contribution < 1.29 is 9.53 Å². The lowest BCUT2D eigenvalue weighted by molar-refractivity contribution is -0.125. The number of hydrogen-bond donors (Lipinski definition) is 1. The number of amides is 1. The van der Waals surface area contributed by atoms with Crippen molar-refractivity contribution in [3.63, 3.8) is 0 Å². The number of ether oxygens (including phenoxy) is 1. The molecule has 0 unspecified atom stereocenters. The number of benzene rings is 1. The van der Waals surface area contributed by atoms with Crippen molar-refractivity contribution >= 4 is 16.9 Å². The summed E-state index contributed by atoms with van der Waals surface area (Å²) in [6.45, 7) is 6.39. The molecule has 0 fully saturated rings. The number of fused-ring (bicyclic) bond motifs is 1. The van der Waals surface area contributed by atoms with Gasteiger partial charge in [0, 0.05) is 13.7 Å². The molecule has 1 amide bonds. The fraction of sp³-hybridized carbons (Fsp3) is 0.333. The van der Waals surface area contributed by atoms with Crippen LogP contribution in [-0.2, 0) is 16.1 Å². The number of aromatic nitrogens is 2. The number of allylic oxidation sites excluding steroid dienone is 1. The minimum atomic E-state index is -0.190. The molecule has 0 saturated carbocycles. The summed E-state index contributed by atoms with van der Waals surface area (Å²) in [6, 6.07) is 7.71. The average Bonchev–Trinajstić information content (AvgIpc) is 2.79. The van der Waals surface area contributed by atoms with E-state index < -0.39 is 0 Å². The van der Waals surface area contributed by atoms with Crippen molar-refractivity contribution in [3.8, 4) is 0 Å². The summed E-state index contributed by atoms with van der Waals surface area (Å²) in [4.78, 5) is 16.2. The molecule has 1 heterocycles. The summed E-state index contributed by atoms with van der Waals surface area (Å²) >= 11 is 0. The second kappa shape index (κ2) is 6.34. The molecule has 5 heteroatoms. The standard InChI is InChI=1S/C15H19N3O2/c1-4-9-18-13-8-6-5-7-12(13)17-15(18)11(2)16-14(19)10-20-3/h4-8,11H,1,9-10H2,2-3H3,(H,16,19)/t11-/m0/s1. The van der Waals surface area contributed by atoms with Gasteiger partial charge in [-0.25, -0.2) is 4.98 Å². The molecule has 0 saturated heterocycles. The summed E-state index contributed by atoms with van der Waals surface area (Å²) < 4.78 is 6.88. The van der Waals surface area contributed by atoms with E-state index in [0.29, 0.717) is 6.54 Å². The number of imidazole rings is 1. The van der Waals surface area contributed by atoms with Crippen molar-refractivity contribution in [1.29, 1.82) is 0 Å². The molecule has 0 radical (unpaired) electrons. The Morgan fingerprint density at radius 3 is 3.00 bits per heavy atom. The van der Waals surface area contributed by atoms with E-state index in [4.69, 9.17) is 4.74 Å². The van der Waals surface area contributed by atoms with Gasteiger partial charge in [0.05, 0.1) is 17.1 Å². The summed E-state index contributed by atoms with van der Waals surface area (Å²) in [6.07, 6.45) is 1.82. The van der Waals surface area contributed by atoms with Crippen LogP contribution in [0.4, 0.5) is 0 Å². The van der Waals surface area contributed by atoms with Gasteiger partial charge in [0.2, 0.25) is 5.91 Å². The van der Waals surface area contributed by atoms with Crippen molar-refractivity contribution in [3.05, 3.63) is 42.7 Å². The van der Waals surface area contributed by atoms with Crippen LogP contribution in [0.1, 0.15) is 18.8 Å². The number of carbonyl (C=O) groups is 1. The van der Waals surface area contributed by atoms with E-state index in [1.807, 2.05) is 37.3 Å². The first-order valence-electron chi connectivity index (χ1n) is 6.51. The Bertz CT molecular complexity index is 619. The molecule has 0 aliphatic rings. The van der Waals surface area contributed by atoms with Crippen LogP contribution in [0.5, 0.6) is 0 Å². The maximum absolute atomic E-state index is 11.6. The van der Waals surface area contributed by atoms with Crippen molar-refractivity contribution in [2.75, 3.05) is 13.7 Å². The van der Waals surface area contributed by atoms with Gasteiger partial charge in [0.1, 0.15) is 12.4 Å². The van der Waals surface area contributed by atoms with Crippen molar-refractivity contribution in [2.24, 2.45) is 0 Å². The van der Waals surface area contributed by atoms with Gasteiger partial charge in [0.15, 0.2) is 0 Å². The summed E-state index contributed by atoms with van der Waals surface area (Å²) in [5.41, 5.74) is 1.95. The number of nitrogens with zero attached hydrogens (tertiary/aromatic N) is 2. The zero-order valence-corrected chi connectivity index (χ0v) is 11.8. The predicted molar refractivity (Wildman–Crippen MR) is 78.4 cm³/mol. The number of hydrogen-bond acceptors (Lipinski definition) is 3. The number of carbonyl (C=O) groups excluding carboxylic acids is 1. The lowest BCUT2D eigenvalue weighted by atomic mass is 10.3. The largest absolute Gasteiger partial charge is 0.375 e. The minimum absolute atomic E-state index is 0.0476. The van der Waals surface area contributed by atoms with Crippen molar-refractivity contribution in [2.45, 2.75) is 19.5 Å². The highest BCUT2D eigenvalue weighted by molar-refractivity contribution is 5.78. The fourth-order valence-corrected chi connectivity index (χ4v) is 2.22. The summed E-state index contributed by atoms with van der Waals surface area (Å²) in [5, 5.41) is 2.88. The molecule has 1 N–H and O–H groups in total. The highest BCUT2D eigenvalue weighted by Gasteiger charge is 2.17. The Balaban J connectivity index is 2.34. The lowest BCUT2D eigenvalue weighted by Crippen LogP contribution is -2.31. The Hall–Kier alpha value is -2.14. The van der Waals surface area contributed by atoms with Crippen LogP contribution in [0.2, 0.25) is 0 Å². The lowest BCUT2D eigenvalue weighted by Gasteiger charge is -2.15. The molecule has 0 spiro atoms. The molecule has 0 aliphatic heterocycles. The number of methoxy groups -OCH3 is 1. The maximum Gasteiger partial charge on any atom is 0.246 e. The normalized spacial score (nSPS) is 12.3. The Morgan fingerprint density at radius 2 is 2.30 bits per heavy atom. The van der Waals surface area contributed by atoms with E-state index >= 15 is 0 Å². The first-order chi connectivity index (χ1) is 9.67. The average molecular weight is 273 g/mol. The third kappa shape index (κ3) is 2.88. The van der Waals surface area contributed by atoms with Crippen LogP contribution < -0.4 is 5.32 Å². The van der Waals surface area contributed by atoms with E-state index in [1.54, 1.807) is 0 Å². The van der Waals surface area contributed by atoms with E-state index in [-0.39, 0.29) is 18.6 Å². The van der Waals surface area contributed by atoms with Gasteiger partial charge in [-0.05, 0) is 19.1 Å². The Morgan fingerprint density at radius 1 is 1.55 bits per heavy atom. The monoisotopic (exact) mass is 273 g/mol. The van der Waals surface area contributed by atoms with Crippen LogP contribution in [0, 0.1) is 0 Å². The number of para-hydroxylation sites is 2. The van der Waals surface area contributed by atoms with E-state index in [1.165, 1.54) is 7.11 Å². The highest BCUT2D eigenvalue weighted by Crippen LogP contribution is 2.20.